The summed E-state index contributed by atoms with van der Waals surface area (Å²) in [6.07, 6.45) is 4.73. The summed E-state index contributed by atoms with van der Waals surface area (Å²) in [6, 6.07) is 6.81. The Balaban J connectivity index is 1.90. The molecule has 0 saturated carbocycles. The third-order valence-electron chi connectivity index (χ3n) is 4.45. The Morgan fingerprint density at radius 2 is 2.00 bits per heavy atom. The van der Waals surface area contributed by atoms with Gasteiger partial charge in [-0.1, -0.05) is 19.4 Å². The molecule has 2 atom stereocenters. The summed E-state index contributed by atoms with van der Waals surface area (Å²) in [4.78, 5) is 2.54. The lowest BCUT2D eigenvalue weighted by atomic mass is 9.95. The van der Waals surface area contributed by atoms with E-state index in [0.29, 0.717) is 19.3 Å². The molecular formula is C17H26N2O2. The molecule has 0 aliphatic carbocycles. The summed E-state index contributed by atoms with van der Waals surface area (Å²) < 4.78 is 11.4. The van der Waals surface area contributed by atoms with Crippen LogP contribution in [-0.4, -0.2) is 37.2 Å². The van der Waals surface area contributed by atoms with Crippen LogP contribution in [0.5, 0.6) is 11.5 Å². The van der Waals surface area contributed by atoms with Gasteiger partial charge in [-0.05, 0) is 50.0 Å². The molecule has 2 unspecified atom stereocenters. The maximum atomic E-state index is 6.49. The number of benzene rings is 1. The molecule has 0 amide bonds. The van der Waals surface area contributed by atoms with Crippen LogP contribution in [0.25, 0.3) is 0 Å². The Bertz CT molecular complexity index is 478. The normalized spacial score (nSPS) is 26.4. The highest BCUT2D eigenvalue weighted by Crippen LogP contribution is 2.36. The fourth-order valence-corrected chi connectivity index (χ4v) is 3.50. The molecule has 21 heavy (non-hydrogen) atoms. The van der Waals surface area contributed by atoms with Gasteiger partial charge in [0.2, 0.25) is 0 Å². The molecule has 4 heteroatoms. The second-order valence-corrected chi connectivity index (χ2v) is 6.04. The first-order chi connectivity index (χ1) is 10.3. The Hall–Kier alpha value is -1.26. The van der Waals surface area contributed by atoms with Crippen molar-refractivity contribution in [3.8, 4) is 11.5 Å². The molecule has 0 radical (unpaired) electrons. The van der Waals surface area contributed by atoms with E-state index in [4.69, 9.17) is 15.2 Å². The summed E-state index contributed by atoms with van der Waals surface area (Å²) >= 11 is 0. The average Bonchev–Trinajstić information content (AvgIpc) is 2.69. The van der Waals surface area contributed by atoms with Crippen LogP contribution in [0.4, 0.5) is 0 Å². The van der Waals surface area contributed by atoms with Gasteiger partial charge in [-0.2, -0.15) is 0 Å². The molecule has 116 valence electrons. The number of nitrogens with zero attached hydrogens (tertiary/aromatic N) is 1. The van der Waals surface area contributed by atoms with Crippen LogP contribution in [0.3, 0.4) is 0 Å². The molecule has 1 saturated heterocycles. The topological polar surface area (TPSA) is 47.7 Å². The number of hydrogen-bond donors (Lipinski definition) is 1. The summed E-state index contributed by atoms with van der Waals surface area (Å²) in [5.74, 6) is 1.72. The Morgan fingerprint density at radius 3 is 2.81 bits per heavy atom. The zero-order valence-electron chi connectivity index (χ0n) is 12.9. The summed E-state index contributed by atoms with van der Waals surface area (Å²) in [5.41, 5.74) is 7.76. The molecule has 2 aliphatic heterocycles. The summed E-state index contributed by atoms with van der Waals surface area (Å²) in [5, 5.41) is 0. The van der Waals surface area contributed by atoms with Gasteiger partial charge >= 0.3 is 0 Å². The van der Waals surface area contributed by atoms with Crippen molar-refractivity contribution >= 4 is 0 Å². The molecule has 2 heterocycles. The highest BCUT2D eigenvalue weighted by atomic mass is 16.6. The van der Waals surface area contributed by atoms with Gasteiger partial charge in [-0.25, -0.2) is 0 Å². The van der Waals surface area contributed by atoms with Crippen LogP contribution < -0.4 is 15.2 Å². The number of rotatable bonds is 3. The van der Waals surface area contributed by atoms with Crippen molar-refractivity contribution < 1.29 is 9.47 Å². The minimum absolute atomic E-state index is 0.196. The van der Waals surface area contributed by atoms with Crippen molar-refractivity contribution in [1.82, 2.24) is 4.90 Å². The third kappa shape index (κ3) is 3.16. The molecule has 1 aromatic rings. The minimum Gasteiger partial charge on any atom is -0.486 e. The molecule has 0 aromatic heterocycles. The van der Waals surface area contributed by atoms with Crippen molar-refractivity contribution in [3.05, 3.63) is 23.8 Å². The first-order valence-electron chi connectivity index (χ1n) is 8.18. The molecule has 1 aromatic carbocycles. The van der Waals surface area contributed by atoms with Crippen LogP contribution >= 0.6 is 0 Å². The van der Waals surface area contributed by atoms with Crippen LogP contribution in [-0.2, 0) is 0 Å². The molecule has 0 bridgehead atoms. The van der Waals surface area contributed by atoms with Gasteiger partial charge in [0.15, 0.2) is 11.5 Å². The number of ether oxygens (including phenoxy) is 2. The van der Waals surface area contributed by atoms with Crippen molar-refractivity contribution in [1.29, 1.82) is 0 Å². The lowest BCUT2D eigenvalue weighted by molar-refractivity contribution is 0.167. The maximum absolute atomic E-state index is 6.49. The lowest BCUT2D eigenvalue weighted by Crippen LogP contribution is -2.40. The van der Waals surface area contributed by atoms with E-state index in [-0.39, 0.29) is 6.04 Å². The number of hydrogen-bond acceptors (Lipinski definition) is 4. The second kappa shape index (κ2) is 6.67. The van der Waals surface area contributed by atoms with Gasteiger partial charge in [0, 0.05) is 6.04 Å². The maximum Gasteiger partial charge on any atom is 0.161 e. The quantitative estimate of drug-likeness (QED) is 0.930. The predicted octanol–water partition coefficient (Wildman–Crippen LogP) is 2.72. The highest BCUT2D eigenvalue weighted by molar-refractivity contribution is 5.45. The molecular weight excluding hydrogens is 264 g/mol. The average molecular weight is 290 g/mol. The molecule has 2 N–H and O–H groups in total. The largest absolute Gasteiger partial charge is 0.486 e. The summed E-state index contributed by atoms with van der Waals surface area (Å²) in [6.45, 7) is 5.74. The minimum atomic E-state index is 0.196. The zero-order chi connectivity index (χ0) is 14.7. The smallest absolute Gasteiger partial charge is 0.161 e. The standard InChI is InChI=1S/C17H26N2O2/c1-2-8-19-9-4-3-5-14(18)17(19)13-6-7-15-16(12-13)21-11-10-20-15/h6-7,12,14,17H,2-5,8-11,18H2,1H3. The Morgan fingerprint density at radius 1 is 1.19 bits per heavy atom. The van der Waals surface area contributed by atoms with Crippen LogP contribution in [0.15, 0.2) is 18.2 Å². The van der Waals surface area contributed by atoms with Crippen LogP contribution in [0.2, 0.25) is 0 Å². The van der Waals surface area contributed by atoms with Gasteiger partial charge < -0.3 is 15.2 Å². The highest BCUT2D eigenvalue weighted by Gasteiger charge is 2.29. The number of nitrogens with two attached hydrogens (primary N) is 1. The first-order valence-corrected chi connectivity index (χ1v) is 8.18. The van der Waals surface area contributed by atoms with E-state index in [1.807, 2.05) is 6.07 Å². The van der Waals surface area contributed by atoms with E-state index >= 15 is 0 Å². The first kappa shape index (κ1) is 14.7. The predicted molar refractivity (Wildman–Crippen MR) is 83.9 cm³/mol. The van der Waals surface area contributed by atoms with Gasteiger partial charge in [0.05, 0.1) is 6.04 Å². The summed E-state index contributed by atoms with van der Waals surface area (Å²) in [7, 11) is 0. The van der Waals surface area contributed by atoms with Gasteiger partial charge in [-0.15, -0.1) is 0 Å². The van der Waals surface area contributed by atoms with E-state index in [9.17, 15) is 0 Å². The Kier molecular flexibility index (Phi) is 4.66. The molecule has 1 fully saturated rings. The van der Waals surface area contributed by atoms with Crippen molar-refractivity contribution in [2.45, 2.75) is 44.7 Å². The van der Waals surface area contributed by atoms with Gasteiger partial charge in [-0.3, -0.25) is 4.90 Å². The van der Waals surface area contributed by atoms with Crippen LogP contribution in [0, 0.1) is 0 Å². The SMILES string of the molecule is CCCN1CCCCC(N)C1c1ccc2c(c1)OCCO2. The van der Waals surface area contributed by atoms with E-state index in [0.717, 1.165) is 37.4 Å². The van der Waals surface area contributed by atoms with E-state index in [1.54, 1.807) is 0 Å². The molecule has 4 nitrogen and oxygen atoms in total. The van der Waals surface area contributed by atoms with Crippen molar-refractivity contribution in [3.63, 3.8) is 0 Å². The third-order valence-corrected chi connectivity index (χ3v) is 4.45. The van der Waals surface area contributed by atoms with Gasteiger partial charge in [0.1, 0.15) is 13.2 Å². The monoisotopic (exact) mass is 290 g/mol. The van der Waals surface area contributed by atoms with E-state index in [1.165, 1.54) is 18.4 Å². The Labute approximate surface area is 127 Å². The van der Waals surface area contributed by atoms with E-state index < -0.39 is 0 Å². The van der Waals surface area contributed by atoms with E-state index in [2.05, 4.69) is 24.0 Å². The number of likely N-dealkylation sites (tertiary alicyclic amines) is 1. The molecule has 0 spiro atoms. The second-order valence-electron chi connectivity index (χ2n) is 6.04. The fraction of sp³-hybridized carbons (Fsp3) is 0.647. The molecule has 2 aliphatic rings. The lowest BCUT2D eigenvalue weighted by Gasteiger charge is -2.34. The van der Waals surface area contributed by atoms with Crippen LogP contribution in [0.1, 0.15) is 44.2 Å². The number of fused-ring (bicyclic) bond motifs is 1. The van der Waals surface area contributed by atoms with Gasteiger partial charge in [0.25, 0.3) is 0 Å². The zero-order valence-corrected chi connectivity index (χ0v) is 12.9. The van der Waals surface area contributed by atoms with Crippen molar-refractivity contribution in [2.75, 3.05) is 26.3 Å². The molecule has 3 rings (SSSR count). The fourth-order valence-electron chi connectivity index (χ4n) is 3.50. The van der Waals surface area contributed by atoms with Crippen molar-refractivity contribution in [2.24, 2.45) is 5.73 Å².